The molecule has 6 nitrogen and oxygen atoms in total. The predicted molar refractivity (Wildman–Crippen MR) is 150 cm³/mol. The molecule has 9 rings (SSSR count). The summed E-state index contributed by atoms with van der Waals surface area (Å²) in [4.78, 5) is 16.4. The van der Waals surface area contributed by atoms with E-state index in [-0.39, 0.29) is 11.9 Å². The summed E-state index contributed by atoms with van der Waals surface area (Å²) in [6.07, 6.45) is 4.87. The van der Waals surface area contributed by atoms with Gasteiger partial charge in [-0.05, 0) is 78.8 Å². The molecule has 2 saturated carbocycles. The Morgan fingerprint density at radius 2 is 1.69 bits per heavy atom. The summed E-state index contributed by atoms with van der Waals surface area (Å²) < 4.78 is 15.0. The number of nitrogens with one attached hydrogen (secondary N) is 4. The quantitative estimate of drug-likeness (QED) is 0.184. The van der Waals surface area contributed by atoms with Crippen LogP contribution in [0.15, 0.2) is 54.6 Å². The van der Waals surface area contributed by atoms with Gasteiger partial charge < -0.3 is 20.6 Å². The molecule has 3 aromatic carbocycles. The van der Waals surface area contributed by atoms with E-state index in [9.17, 15) is 4.39 Å². The van der Waals surface area contributed by atoms with E-state index in [0.29, 0.717) is 40.6 Å². The van der Waals surface area contributed by atoms with Gasteiger partial charge in [0.1, 0.15) is 17.2 Å². The monoisotopic (exact) mass is 514 g/mol. The summed E-state index contributed by atoms with van der Waals surface area (Å²) in [5.74, 6) is 9.18. The third-order valence-corrected chi connectivity index (χ3v) is 9.18. The topological polar surface area (TPSA) is 81.4 Å². The van der Waals surface area contributed by atoms with Gasteiger partial charge in [0.05, 0.1) is 28.6 Å². The van der Waals surface area contributed by atoms with E-state index in [2.05, 4.69) is 68.3 Å². The summed E-state index contributed by atoms with van der Waals surface area (Å²) >= 11 is 0. The number of fused-ring (bicyclic) bond motifs is 6. The summed E-state index contributed by atoms with van der Waals surface area (Å²) in [6, 6.07) is 15.2. The number of halogens is 1. The van der Waals surface area contributed by atoms with Crippen LogP contribution in [0.3, 0.4) is 0 Å². The van der Waals surface area contributed by atoms with Crippen LogP contribution in [0.5, 0.6) is 0 Å². The Morgan fingerprint density at radius 1 is 0.821 bits per heavy atom. The van der Waals surface area contributed by atoms with E-state index in [1.807, 2.05) is 12.1 Å². The van der Waals surface area contributed by atoms with Crippen LogP contribution in [-0.4, -0.2) is 32.0 Å². The molecular formula is C32H27FN6. The van der Waals surface area contributed by atoms with Crippen molar-refractivity contribution in [2.45, 2.75) is 49.9 Å². The normalized spacial score (nSPS) is 28.9. The number of benzene rings is 3. The average molecular weight is 515 g/mol. The first-order chi connectivity index (χ1) is 19.1. The predicted octanol–water partition coefficient (Wildman–Crippen LogP) is 5.53. The Morgan fingerprint density at radius 3 is 2.56 bits per heavy atom. The lowest BCUT2D eigenvalue weighted by Gasteiger charge is -2.20. The second-order valence-electron chi connectivity index (χ2n) is 11.8. The molecule has 4 N–H and O–H groups in total. The molecule has 0 radical (unpaired) electrons. The molecule has 2 aliphatic heterocycles. The molecule has 2 aliphatic carbocycles. The standard InChI is InChI=1S/C32H27FN6/c1-15-21-14-26(21)35-28(15)32-37-27-12-17(11-22(33)30(27)39-32)3-2-16-4-7-20-18(10-16)5-8-23-29(20)38-31(36-23)24-9-6-19-13-25(19)34-24/h4-5,7-8,10-12,19,21,24-26,28,34-35H,1,6,9,13-14H2,(H,36,38)(H,37,39)/t19-,21?,24-,25+,26?,28-/m0/s1. The van der Waals surface area contributed by atoms with Crippen LogP contribution >= 0.6 is 0 Å². The molecular weight excluding hydrogens is 487 g/mol. The lowest BCUT2D eigenvalue weighted by molar-refractivity contribution is 0.390. The number of aromatic amines is 2. The third-order valence-electron chi connectivity index (χ3n) is 9.18. The van der Waals surface area contributed by atoms with Gasteiger partial charge in [-0.3, -0.25) is 0 Å². The molecule has 2 aromatic heterocycles. The van der Waals surface area contributed by atoms with Crippen LogP contribution in [-0.2, 0) is 0 Å². The van der Waals surface area contributed by atoms with E-state index < -0.39 is 0 Å². The molecule has 0 amide bonds. The summed E-state index contributed by atoms with van der Waals surface area (Å²) in [5.41, 5.74) is 5.70. The van der Waals surface area contributed by atoms with Gasteiger partial charge in [-0.25, -0.2) is 14.4 Å². The molecule has 0 spiro atoms. The van der Waals surface area contributed by atoms with Gasteiger partial charge in [-0.15, -0.1) is 0 Å². The molecule has 4 aliphatic rings. The molecule has 4 heterocycles. The minimum atomic E-state index is -0.368. The average Bonchev–Trinajstić information content (AvgIpc) is 3.76. The van der Waals surface area contributed by atoms with E-state index in [1.165, 1.54) is 18.9 Å². The molecule has 0 bridgehead atoms. The number of H-pyrrole nitrogens is 2. The van der Waals surface area contributed by atoms with Crippen LogP contribution < -0.4 is 10.6 Å². The highest BCUT2D eigenvalue weighted by atomic mass is 19.1. The van der Waals surface area contributed by atoms with Gasteiger partial charge in [0, 0.05) is 28.6 Å². The number of aromatic nitrogens is 4. The fourth-order valence-corrected chi connectivity index (χ4v) is 6.80. The van der Waals surface area contributed by atoms with E-state index >= 15 is 0 Å². The maximum Gasteiger partial charge on any atom is 0.152 e. The first kappa shape index (κ1) is 21.9. The molecule has 192 valence electrons. The number of nitrogens with zero attached hydrogens (tertiary/aromatic N) is 2. The first-order valence-corrected chi connectivity index (χ1v) is 13.9. The smallest absolute Gasteiger partial charge is 0.152 e. The molecule has 2 saturated heterocycles. The van der Waals surface area contributed by atoms with Gasteiger partial charge in [0.15, 0.2) is 5.82 Å². The van der Waals surface area contributed by atoms with Crippen molar-refractivity contribution in [2.75, 3.05) is 0 Å². The first-order valence-electron chi connectivity index (χ1n) is 13.9. The fourth-order valence-electron chi connectivity index (χ4n) is 6.80. The van der Waals surface area contributed by atoms with Gasteiger partial charge in [0.2, 0.25) is 0 Å². The number of hydrogen-bond acceptors (Lipinski definition) is 4. The third kappa shape index (κ3) is 3.48. The van der Waals surface area contributed by atoms with E-state index in [1.54, 1.807) is 0 Å². The molecule has 7 heteroatoms. The number of piperidine rings is 2. The zero-order valence-electron chi connectivity index (χ0n) is 21.3. The largest absolute Gasteiger partial charge is 0.341 e. The van der Waals surface area contributed by atoms with Gasteiger partial charge >= 0.3 is 0 Å². The van der Waals surface area contributed by atoms with Crippen LogP contribution in [0, 0.1) is 29.5 Å². The lowest BCUT2D eigenvalue weighted by atomic mass is 10.0. The van der Waals surface area contributed by atoms with Crippen LogP contribution in [0.2, 0.25) is 0 Å². The second-order valence-corrected chi connectivity index (χ2v) is 11.8. The highest BCUT2D eigenvalue weighted by Crippen LogP contribution is 2.49. The van der Waals surface area contributed by atoms with Crippen LogP contribution in [0.4, 0.5) is 4.39 Å². The molecule has 39 heavy (non-hydrogen) atoms. The summed E-state index contributed by atoms with van der Waals surface area (Å²) in [6.45, 7) is 4.23. The van der Waals surface area contributed by atoms with Gasteiger partial charge in [-0.1, -0.05) is 30.6 Å². The fraction of sp³-hybridized carbons (Fsp3) is 0.312. The van der Waals surface area contributed by atoms with E-state index in [0.717, 1.165) is 63.4 Å². The zero-order valence-corrected chi connectivity index (χ0v) is 21.3. The Balaban J connectivity index is 1.02. The molecule has 2 unspecified atom stereocenters. The Labute approximate surface area is 224 Å². The van der Waals surface area contributed by atoms with Crippen molar-refractivity contribution in [3.63, 3.8) is 0 Å². The molecule has 5 aromatic rings. The Kier molecular flexibility index (Phi) is 4.37. The van der Waals surface area contributed by atoms with Crippen LogP contribution in [0.25, 0.3) is 32.8 Å². The lowest BCUT2D eigenvalue weighted by Crippen LogP contribution is -2.29. The van der Waals surface area contributed by atoms with Crippen molar-refractivity contribution < 1.29 is 4.39 Å². The number of imidazole rings is 2. The van der Waals surface area contributed by atoms with Crippen molar-refractivity contribution in [1.29, 1.82) is 0 Å². The van der Waals surface area contributed by atoms with Crippen molar-refractivity contribution in [3.05, 3.63) is 83.2 Å². The van der Waals surface area contributed by atoms with Crippen molar-refractivity contribution in [2.24, 2.45) is 11.8 Å². The van der Waals surface area contributed by atoms with Gasteiger partial charge in [0.25, 0.3) is 0 Å². The maximum absolute atomic E-state index is 15.0. The van der Waals surface area contributed by atoms with Crippen molar-refractivity contribution in [3.8, 4) is 11.8 Å². The highest BCUT2D eigenvalue weighted by molar-refractivity contribution is 6.04. The van der Waals surface area contributed by atoms with Crippen molar-refractivity contribution >= 4 is 32.8 Å². The maximum atomic E-state index is 15.0. The molecule has 4 fully saturated rings. The SMILES string of the molecule is C=C1C2CC2N[C@@H]1c1nc2c(F)cc(C#Cc3ccc4c(ccc5[nH]c([C@@H]6CC[C@H]7C[C@H]7N6)nc54)c3)cc2[nH]1. The number of rotatable bonds is 2. The second kappa shape index (κ2) is 7.78. The van der Waals surface area contributed by atoms with Crippen LogP contribution in [0.1, 0.15) is 60.5 Å². The summed E-state index contributed by atoms with van der Waals surface area (Å²) in [5, 5.41) is 9.47. The minimum absolute atomic E-state index is 0.0331. The summed E-state index contributed by atoms with van der Waals surface area (Å²) in [7, 11) is 0. The zero-order chi connectivity index (χ0) is 25.8. The Hall–Kier alpha value is -3.99. The van der Waals surface area contributed by atoms with Gasteiger partial charge in [-0.2, -0.15) is 0 Å². The van der Waals surface area contributed by atoms with Crippen molar-refractivity contribution in [1.82, 2.24) is 30.6 Å². The minimum Gasteiger partial charge on any atom is -0.341 e. The molecule has 6 atom stereocenters. The Bertz CT molecular complexity index is 1920. The highest BCUT2D eigenvalue weighted by Gasteiger charge is 2.50. The number of hydrogen-bond donors (Lipinski definition) is 4. The van der Waals surface area contributed by atoms with E-state index in [4.69, 9.17) is 4.98 Å².